The van der Waals surface area contributed by atoms with Crippen molar-refractivity contribution in [1.29, 1.82) is 0 Å². The van der Waals surface area contributed by atoms with Gasteiger partial charge < -0.3 is 0 Å². The van der Waals surface area contributed by atoms with Gasteiger partial charge in [-0.25, -0.2) is 0 Å². The molecule has 3 fully saturated rings. The molecule has 3 rings (SSSR count). The van der Waals surface area contributed by atoms with Crippen molar-refractivity contribution in [1.82, 2.24) is 0 Å². The number of allylic oxidation sites excluding steroid dienone is 7. The summed E-state index contributed by atoms with van der Waals surface area (Å²) < 4.78 is 0. The SMILES string of the molecule is C=C1C(C)CC(=CC=C2CCCC3(C)C2CCCC3C(C)C=CCC(C)C)CC1C. The minimum absolute atomic E-state index is 0.490. The van der Waals surface area contributed by atoms with Crippen molar-refractivity contribution in [2.24, 2.45) is 40.9 Å². The standard InChI is InChI=1S/C30H48/c1-21(2)11-8-12-22(3)28-14-9-15-29-27(13-10-18-30(28,29)7)17-16-26-19-23(4)25(6)24(5)20-26/h8,12,16-17,21-24,28-29H,6,9-11,13-15,18-20H2,1-5,7H3. The van der Waals surface area contributed by atoms with Crippen LogP contribution in [0.3, 0.4) is 0 Å². The molecule has 0 N–H and O–H groups in total. The van der Waals surface area contributed by atoms with E-state index in [1.807, 2.05) is 0 Å². The lowest BCUT2D eigenvalue weighted by atomic mass is 9.52. The number of rotatable bonds is 5. The minimum Gasteiger partial charge on any atom is -0.0993 e. The monoisotopic (exact) mass is 408 g/mol. The molecule has 6 atom stereocenters. The van der Waals surface area contributed by atoms with Crippen molar-refractivity contribution in [3.8, 4) is 0 Å². The van der Waals surface area contributed by atoms with Crippen LogP contribution in [0, 0.1) is 40.9 Å². The van der Waals surface area contributed by atoms with Gasteiger partial charge in [-0.05, 0) is 92.3 Å². The molecule has 3 aliphatic rings. The van der Waals surface area contributed by atoms with Gasteiger partial charge in [-0.15, -0.1) is 0 Å². The minimum atomic E-state index is 0.490. The van der Waals surface area contributed by atoms with E-state index in [1.165, 1.54) is 63.4 Å². The Labute approximate surface area is 188 Å². The van der Waals surface area contributed by atoms with Crippen molar-refractivity contribution in [2.45, 2.75) is 99.3 Å². The van der Waals surface area contributed by atoms with E-state index in [0.29, 0.717) is 23.2 Å². The van der Waals surface area contributed by atoms with Crippen LogP contribution in [0.5, 0.6) is 0 Å². The van der Waals surface area contributed by atoms with Crippen LogP contribution in [0.1, 0.15) is 99.3 Å². The molecule has 3 aliphatic carbocycles. The lowest BCUT2D eigenvalue weighted by Crippen LogP contribution is -2.44. The van der Waals surface area contributed by atoms with E-state index in [0.717, 1.165) is 17.8 Å². The van der Waals surface area contributed by atoms with Gasteiger partial charge in [0.2, 0.25) is 0 Å². The van der Waals surface area contributed by atoms with Crippen molar-refractivity contribution in [2.75, 3.05) is 0 Å². The Bertz CT molecular complexity index is 671. The summed E-state index contributed by atoms with van der Waals surface area (Å²) in [4.78, 5) is 0. The van der Waals surface area contributed by atoms with Crippen molar-refractivity contribution in [3.63, 3.8) is 0 Å². The van der Waals surface area contributed by atoms with Gasteiger partial charge in [0.1, 0.15) is 0 Å². The molecular weight excluding hydrogens is 360 g/mol. The highest BCUT2D eigenvalue weighted by Crippen LogP contribution is 2.57. The van der Waals surface area contributed by atoms with Gasteiger partial charge >= 0.3 is 0 Å². The van der Waals surface area contributed by atoms with Crippen molar-refractivity contribution in [3.05, 3.63) is 47.6 Å². The Morgan fingerprint density at radius 3 is 2.40 bits per heavy atom. The normalized spacial score (nSPS) is 37.6. The number of fused-ring (bicyclic) bond motifs is 1. The highest BCUT2D eigenvalue weighted by molar-refractivity contribution is 5.28. The summed E-state index contributed by atoms with van der Waals surface area (Å²) >= 11 is 0. The maximum absolute atomic E-state index is 4.33. The summed E-state index contributed by atoms with van der Waals surface area (Å²) in [5, 5.41) is 0. The second-order valence-electron chi connectivity index (χ2n) is 11.7. The summed E-state index contributed by atoms with van der Waals surface area (Å²) in [7, 11) is 0. The molecule has 0 aliphatic heterocycles. The van der Waals surface area contributed by atoms with E-state index in [9.17, 15) is 0 Å². The van der Waals surface area contributed by atoms with E-state index in [-0.39, 0.29) is 0 Å². The lowest BCUT2D eigenvalue weighted by Gasteiger charge is -2.53. The zero-order valence-electron chi connectivity index (χ0n) is 20.8. The summed E-state index contributed by atoms with van der Waals surface area (Å²) in [6.45, 7) is 18.8. The zero-order valence-corrected chi connectivity index (χ0v) is 20.8. The topological polar surface area (TPSA) is 0 Å². The van der Waals surface area contributed by atoms with Crippen LogP contribution in [-0.2, 0) is 0 Å². The Morgan fingerprint density at radius 1 is 1.03 bits per heavy atom. The zero-order chi connectivity index (χ0) is 21.9. The predicted molar refractivity (Wildman–Crippen MR) is 133 cm³/mol. The quantitative estimate of drug-likeness (QED) is 0.397. The predicted octanol–water partition coefficient (Wildman–Crippen LogP) is 9.31. The molecule has 0 aromatic carbocycles. The third kappa shape index (κ3) is 5.23. The van der Waals surface area contributed by atoms with Crippen LogP contribution in [-0.4, -0.2) is 0 Å². The molecule has 0 saturated heterocycles. The Balaban J connectivity index is 1.76. The molecule has 168 valence electrons. The van der Waals surface area contributed by atoms with Crippen molar-refractivity contribution < 1.29 is 0 Å². The van der Waals surface area contributed by atoms with Gasteiger partial charge in [0.05, 0.1) is 0 Å². The summed E-state index contributed by atoms with van der Waals surface area (Å²) in [6.07, 6.45) is 22.1. The smallest absolute Gasteiger partial charge is 0.0143 e. The van der Waals surface area contributed by atoms with E-state index >= 15 is 0 Å². The fourth-order valence-corrected chi connectivity index (χ4v) is 7.02. The Kier molecular flexibility index (Phi) is 7.92. The van der Waals surface area contributed by atoms with Gasteiger partial charge in [0.15, 0.2) is 0 Å². The number of hydrogen-bond acceptors (Lipinski definition) is 0. The second-order valence-corrected chi connectivity index (χ2v) is 11.7. The third-order valence-electron chi connectivity index (χ3n) is 8.90. The average Bonchev–Trinajstić information content (AvgIpc) is 2.68. The summed E-state index contributed by atoms with van der Waals surface area (Å²) in [5.74, 6) is 4.41. The molecular formula is C30H48. The average molecular weight is 409 g/mol. The van der Waals surface area contributed by atoms with Crippen LogP contribution < -0.4 is 0 Å². The van der Waals surface area contributed by atoms with Gasteiger partial charge in [0.25, 0.3) is 0 Å². The van der Waals surface area contributed by atoms with E-state index in [1.54, 1.807) is 11.1 Å². The summed E-state index contributed by atoms with van der Waals surface area (Å²) in [5.41, 5.74) is 5.37. The van der Waals surface area contributed by atoms with Crippen LogP contribution in [0.25, 0.3) is 0 Å². The van der Waals surface area contributed by atoms with Gasteiger partial charge in [-0.3, -0.25) is 0 Å². The highest BCUT2D eigenvalue weighted by Gasteiger charge is 2.47. The molecule has 0 heterocycles. The third-order valence-corrected chi connectivity index (χ3v) is 8.90. The van der Waals surface area contributed by atoms with Crippen LogP contribution in [0.2, 0.25) is 0 Å². The lowest BCUT2D eigenvalue weighted by molar-refractivity contribution is 0.0123. The highest BCUT2D eigenvalue weighted by atomic mass is 14.5. The van der Waals surface area contributed by atoms with E-state index in [2.05, 4.69) is 72.4 Å². The van der Waals surface area contributed by atoms with Crippen molar-refractivity contribution >= 4 is 0 Å². The number of hydrogen-bond donors (Lipinski definition) is 0. The van der Waals surface area contributed by atoms with E-state index < -0.39 is 0 Å². The first kappa shape index (κ1) is 23.6. The maximum Gasteiger partial charge on any atom is -0.0143 e. The van der Waals surface area contributed by atoms with Gasteiger partial charge in [-0.1, -0.05) is 95.6 Å². The largest absolute Gasteiger partial charge is 0.0993 e. The Morgan fingerprint density at radius 2 is 1.73 bits per heavy atom. The molecule has 0 aromatic rings. The summed E-state index contributed by atoms with van der Waals surface area (Å²) in [6, 6.07) is 0. The fourth-order valence-electron chi connectivity index (χ4n) is 7.02. The molecule has 6 unspecified atom stereocenters. The first-order chi connectivity index (χ1) is 14.2. The first-order valence-electron chi connectivity index (χ1n) is 13.0. The second kappa shape index (κ2) is 10.1. The molecule has 3 saturated carbocycles. The van der Waals surface area contributed by atoms with Gasteiger partial charge in [0, 0.05) is 0 Å². The van der Waals surface area contributed by atoms with Gasteiger partial charge in [-0.2, -0.15) is 0 Å². The van der Waals surface area contributed by atoms with Crippen LogP contribution in [0.4, 0.5) is 0 Å². The molecule has 0 nitrogen and oxygen atoms in total. The molecule has 30 heavy (non-hydrogen) atoms. The molecule has 0 spiro atoms. The molecule has 0 bridgehead atoms. The first-order valence-corrected chi connectivity index (χ1v) is 13.0. The van der Waals surface area contributed by atoms with Crippen LogP contribution in [0.15, 0.2) is 47.6 Å². The van der Waals surface area contributed by atoms with Crippen LogP contribution >= 0.6 is 0 Å². The molecule has 0 amide bonds. The molecule has 0 aromatic heterocycles. The Hall–Kier alpha value is -1.04. The van der Waals surface area contributed by atoms with E-state index in [4.69, 9.17) is 0 Å². The molecule has 0 radical (unpaired) electrons. The fraction of sp³-hybridized carbons (Fsp3) is 0.733. The molecule has 0 heteroatoms. The maximum atomic E-state index is 4.33.